The maximum Gasteiger partial charge on any atom is 0.263 e. The van der Waals surface area contributed by atoms with Crippen molar-refractivity contribution in [3.05, 3.63) is 47.7 Å². The summed E-state index contributed by atoms with van der Waals surface area (Å²) < 4.78 is 0. The maximum atomic E-state index is 11.8. The van der Waals surface area contributed by atoms with E-state index in [1.807, 2.05) is 43.3 Å². The molecule has 0 saturated carbocycles. The third-order valence-corrected chi connectivity index (χ3v) is 2.84. The predicted molar refractivity (Wildman–Crippen MR) is 76.3 cm³/mol. The summed E-state index contributed by atoms with van der Waals surface area (Å²) in [5.74, 6) is -0.434. The average Bonchev–Trinajstić information content (AvgIpc) is 2.50. The number of nitrogens with zero attached hydrogens (tertiary/aromatic N) is 1. The van der Waals surface area contributed by atoms with Gasteiger partial charge in [-0.1, -0.05) is 37.3 Å². The summed E-state index contributed by atoms with van der Waals surface area (Å²) in [6.45, 7) is 2.23. The van der Waals surface area contributed by atoms with Gasteiger partial charge in [0.05, 0.1) is 6.61 Å². The van der Waals surface area contributed by atoms with Crippen LogP contribution < -0.4 is 10.6 Å². The Morgan fingerprint density at radius 1 is 1.45 bits per heavy atom. The molecule has 0 fully saturated rings. The van der Waals surface area contributed by atoms with Crippen molar-refractivity contribution in [3.8, 4) is 6.07 Å². The summed E-state index contributed by atoms with van der Waals surface area (Å²) >= 11 is 0. The van der Waals surface area contributed by atoms with Gasteiger partial charge < -0.3 is 15.7 Å². The molecule has 1 amide bonds. The number of aliphatic hydroxyl groups excluding tert-OH is 1. The van der Waals surface area contributed by atoms with E-state index in [9.17, 15) is 4.79 Å². The Balaban J connectivity index is 2.55. The second-order valence-corrected chi connectivity index (χ2v) is 4.29. The van der Waals surface area contributed by atoms with Crippen molar-refractivity contribution in [2.45, 2.75) is 25.9 Å². The van der Waals surface area contributed by atoms with Gasteiger partial charge in [0, 0.05) is 18.8 Å². The van der Waals surface area contributed by atoms with Crippen LogP contribution in [0.2, 0.25) is 0 Å². The Kier molecular flexibility index (Phi) is 6.87. The number of carbonyl (C=O) groups is 1. The molecule has 20 heavy (non-hydrogen) atoms. The van der Waals surface area contributed by atoms with Gasteiger partial charge in [-0.3, -0.25) is 4.79 Å². The van der Waals surface area contributed by atoms with E-state index >= 15 is 0 Å². The van der Waals surface area contributed by atoms with E-state index in [1.54, 1.807) is 0 Å². The Hall–Kier alpha value is -2.32. The number of nitriles is 1. The molecule has 0 heterocycles. The summed E-state index contributed by atoms with van der Waals surface area (Å²) in [4.78, 5) is 11.8. The highest BCUT2D eigenvalue weighted by Crippen LogP contribution is 1.99. The van der Waals surface area contributed by atoms with E-state index in [0.717, 1.165) is 5.56 Å². The van der Waals surface area contributed by atoms with E-state index in [2.05, 4.69) is 10.6 Å². The van der Waals surface area contributed by atoms with Crippen molar-refractivity contribution in [1.82, 2.24) is 10.6 Å². The highest BCUT2D eigenvalue weighted by atomic mass is 16.3. The molecule has 0 aliphatic carbocycles. The van der Waals surface area contributed by atoms with Crippen LogP contribution in [-0.4, -0.2) is 23.7 Å². The number of rotatable bonds is 7. The molecule has 0 saturated heterocycles. The molecule has 5 heteroatoms. The Bertz CT molecular complexity index is 488. The zero-order chi connectivity index (χ0) is 14.8. The number of hydrogen-bond acceptors (Lipinski definition) is 4. The van der Waals surface area contributed by atoms with Gasteiger partial charge in [-0.25, -0.2) is 0 Å². The van der Waals surface area contributed by atoms with Crippen LogP contribution in [0, 0.1) is 11.3 Å². The topological polar surface area (TPSA) is 85.2 Å². The Morgan fingerprint density at radius 2 is 2.15 bits per heavy atom. The van der Waals surface area contributed by atoms with Crippen molar-refractivity contribution in [3.63, 3.8) is 0 Å². The maximum absolute atomic E-state index is 11.8. The molecule has 0 radical (unpaired) electrons. The summed E-state index contributed by atoms with van der Waals surface area (Å²) in [5, 5.41) is 23.5. The van der Waals surface area contributed by atoms with Gasteiger partial charge in [0.1, 0.15) is 11.6 Å². The summed E-state index contributed by atoms with van der Waals surface area (Å²) in [6, 6.07) is 11.2. The van der Waals surface area contributed by atoms with Crippen LogP contribution in [0.4, 0.5) is 0 Å². The van der Waals surface area contributed by atoms with Crippen LogP contribution in [0.25, 0.3) is 0 Å². The van der Waals surface area contributed by atoms with E-state index in [4.69, 9.17) is 10.4 Å². The molecule has 3 N–H and O–H groups in total. The monoisotopic (exact) mass is 273 g/mol. The van der Waals surface area contributed by atoms with Gasteiger partial charge in [0.2, 0.25) is 0 Å². The third-order valence-electron chi connectivity index (χ3n) is 2.84. The first-order valence-electron chi connectivity index (χ1n) is 6.50. The van der Waals surface area contributed by atoms with E-state index in [0.29, 0.717) is 13.0 Å². The minimum Gasteiger partial charge on any atom is -0.394 e. The normalized spacial score (nSPS) is 12.3. The van der Waals surface area contributed by atoms with Crippen molar-refractivity contribution in [1.29, 1.82) is 5.26 Å². The quantitative estimate of drug-likeness (QED) is 0.512. The summed E-state index contributed by atoms with van der Waals surface area (Å²) in [7, 11) is 0. The van der Waals surface area contributed by atoms with E-state index < -0.39 is 5.91 Å². The molecule has 1 atom stereocenters. The second-order valence-electron chi connectivity index (χ2n) is 4.29. The number of benzene rings is 1. The molecule has 1 rings (SSSR count). The van der Waals surface area contributed by atoms with Crippen molar-refractivity contribution >= 4 is 5.91 Å². The summed E-state index contributed by atoms with van der Waals surface area (Å²) in [5.41, 5.74) is 0.959. The molecule has 1 unspecified atom stereocenters. The molecule has 0 aliphatic rings. The fourth-order valence-corrected chi connectivity index (χ4v) is 1.52. The Labute approximate surface area is 118 Å². The first-order chi connectivity index (χ1) is 9.71. The smallest absolute Gasteiger partial charge is 0.263 e. The van der Waals surface area contributed by atoms with Crippen LogP contribution in [0.1, 0.15) is 18.9 Å². The van der Waals surface area contributed by atoms with Crippen LogP contribution in [-0.2, 0) is 11.3 Å². The van der Waals surface area contributed by atoms with Crippen molar-refractivity contribution < 1.29 is 9.90 Å². The highest BCUT2D eigenvalue weighted by Gasteiger charge is 2.09. The molecule has 1 aromatic carbocycles. The number of hydrogen-bond donors (Lipinski definition) is 3. The number of amides is 1. The molecule has 106 valence electrons. The minimum atomic E-state index is -0.434. The van der Waals surface area contributed by atoms with Crippen molar-refractivity contribution in [2.24, 2.45) is 0 Å². The van der Waals surface area contributed by atoms with Gasteiger partial charge >= 0.3 is 0 Å². The SMILES string of the molecule is CCC(CO)N/C=C(/C#N)C(=O)NCc1ccccc1. The summed E-state index contributed by atoms with van der Waals surface area (Å²) in [6.07, 6.45) is 2.06. The molecular weight excluding hydrogens is 254 g/mol. The highest BCUT2D eigenvalue weighted by molar-refractivity contribution is 5.97. The van der Waals surface area contributed by atoms with Crippen LogP contribution in [0.3, 0.4) is 0 Å². The molecule has 5 nitrogen and oxygen atoms in total. The predicted octanol–water partition coefficient (Wildman–Crippen LogP) is 1.07. The third kappa shape index (κ3) is 5.12. The fraction of sp³-hybridized carbons (Fsp3) is 0.333. The van der Waals surface area contributed by atoms with Gasteiger partial charge in [0.15, 0.2) is 0 Å². The average molecular weight is 273 g/mol. The van der Waals surface area contributed by atoms with Gasteiger partial charge in [0.25, 0.3) is 5.91 Å². The van der Waals surface area contributed by atoms with Crippen molar-refractivity contribution in [2.75, 3.05) is 6.61 Å². The fourth-order valence-electron chi connectivity index (χ4n) is 1.52. The van der Waals surface area contributed by atoms with E-state index in [1.165, 1.54) is 6.20 Å². The van der Waals surface area contributed by atoms with E-state index in [-0.39, 0.29) is 18.2 Å². The lowest BCUT2D eigenvalue weighted by Gasteiger charge is -2.12. The van der Waals surface area contributed by atoms with Gasteiger partial charge in [-0.2, -0.15) is 5.26 Å². The first-order valence-corrected chi connectivity index (χ1v) is 6.50. The van der Waals surface area contributed by atoms with Crippen LogP contribution in [0.5, 0.6) is 0 Å². The minimum absolute atomic E-state index is 0.00664. The number of carbonyl (C=O) groups excluding carboxylic acids is 1. The lowest BCUT2D eigenvalue weighted by molar-refractivity contribution is -0.117. The van der Waals surface area contributed by atoms with Gasteiger partial charge in [-0.05, 0) is 12.0 Å². The zero-order valence-corrected chi connectivity index (χ0v) is 11.5. The molecule has 0 aliphatic heterocycles. The number of nitrogens with one attached hydrogen (secondary N) is 2. The standard InChI is InChI=1S/C15H19N3O2/c1-2-14(11-19)17-10-13(8-16)15(20)18-9-12-6-4-3-5-7-12/h3-7,10,14,17,19H,2,9,11H2,1H3,(H,18,20)/b13-10-. The second kappa shape index (κ2) is 8.73. The molecule has 0 bridgehead atoms. The zero-order valence-electron chi connectivity index (χ0n) is 11.5. The van der Waals surface area contributed by atoms with Gasteiger partial charge in [-0.15, -0.1) is 0 Å². The molecule has 0 spiro atoms. The lowest BCUT2D eigenvalue weighted by atomic mass is 10.2. The first kappa shape index (κ1) is 15.7. The molecular formula is C15H19N3O2. The van der Waals surface area contributed by atoms with Crippen LogP contribution in [0.15, 0.2) is 42.1 Å². The number of aliphatic hydroxyl groups is 1. The molecule has 1 aromatic rings. The van der Waals surface area contributed by atoms with Crippen LogP contribution >= 0.6 is 0 Å². The lowest BCUT2D eigenvalue weighted by Crippen LogP contribution is -2.30. The molecule has 0 aromatic heterocycles. The largest absolute Gasteiger partial charge is 0.394 e. The Morgan fingerprint density at radius 3 is 2.70 bits per heavy atom.